The fourth-order valence-electron chi connectivity index (χ4n) is 3.76. The summed E-state index contributed by atoms with van der Waals surface area (Å²) in [6.07, 6.45) is 3.67. The van der Waals surface area contributed by atoms with E-state index in [1.54, 1.807) is 0 Å². The number of ether oxygens (including phenoxy) is 2. The van der Waals surface area contributed by atoms with Crippen LogP contribution in [0, 0.1) is 0 Å². The van der Waals surface area contributed by atoms with Crippen molar-refractivity contribution >= 4 is 11.8 Å². The summed E-state index contributed by atoms with van der Waals surface area (Å²) < 4.78 is 10.9. The molecule has 1 saturated heterocycles. The van der Waals surface area contributed by atoms with Gasteiger partial charge in [0.05, 0.1) is 5.69 Å². The third kappa shape index (κ3) is 3.97. The molecule has 29 heavy (non-hydrogen) atoms. The fraction of sp³-hybridized carbons (Fsp3) is 0.304. The zero-order valence-electron chi connectivity index (χ0n) is 16.3. The molecule has 1 aromatic heterocycles. The van der Waals surface area contributed by atoms with Gasteiger partial charge in [-0.1, -0.05) is 36.4 Å². The number of anilines is 2. The third-order valence-corrected chi connectivity index (χ3v) is 5.33. The topological polar surface area (TPSA) is 59.5 Å². The second-order valence-corrected chi connectivity index (χ2v) is 7.39. The molecule has 0 spiro atoms. The monoisotopic (exact) mass is 388 g/mol. The van der Waals surface area contributed by atoms with Crippen molar-refractivity contribution in [3.63, 3.8) is 0 Å². The Morgan fingerprint density at radius 3 is 2.55 bits per heavy atom. The molecule has 1 fully saturated rings. The van der Waals surface area contributed by atoms with Gasteiger partial charge < -0.3 is 19.7 Å². The van der Waals surface area contributed by atoms with E-state index in [4.69, 9.17) is 19.4 Å². The minimum Gasteiger partial charge on any atom is -0.454 e. The van der Waals surface area contributed by atoms with Crippen LogP contribution in [0.3, 0.4) is 0 Å². The lowest BCUT2D eigenvalue weighted by Crippen LogP contribution is -2.31. The van der Waals surface area contributed by atoms with E-state index in [1.165, 1.54) is 19.3 Å². The number of aromatic nitrogens is 2. The highest BCUT2D eigenvalue weighted by molar-refractivity contribution is 5.64. The number of hydrogen-bond donors (Lipinski definition) is 1. The Hall–Kier alpha value is -3.28. The number of nitrogens with one attached hydrogen (secondary N) is 1. The first-order chi connectivity index (χ1) is 14.3. The Morgan fingerprint density at radius 2 is 1.69 bits per heavy atom. The minimum atomic E-state index is 0.289. The van der Waals surface area contributed by atoms with Crippen LogP contribution in [-0.2, 0) is 6.54 Å². The Morgan fingerprint density at radius 1 is 0.862 bits per heavy atom. The molecule has 3 heterocycles. The van der Waals surface area contributed by atoms with Crippen molar-refractivity contribution in [1.29, 1.82) is 0 Å². The van der Waals surface area contributed by atoms with Gasteiger partial charge in [0.2, 0.25) is 12.7 Å². The van der Waals surface area contributed by atoms with Gasteiger partial charge in [0, 0.05) is 31.3 Å². The molecule has 0 bridgehead atoms. The maximum absolute atomic E-state index is 5.48. The van der Waals surface area contributed by atoms with Crippen LogP contribution in [0.15, 0.2) is 54.6 Å². The van der Waals surface area contributed by atoms with Crippen LogP contribution in [0.25, 0.3) is 11.3 Å². The highest BCUT2D eigenvalue weighted by Crippen LogP contribution is 2.33. The summed E-state index contributed by atoms with van der Waals surface area (Å²) in [5.74, 6) is 3.23. The normalized spacial score (nSPS) is 15.4. The van der Waals surface area contributed by atoms with Crippen LogP contribution in [0.1, 0.15) is 24.8 Å². The quantitative estimate of drug-likeness (QED) is 0.696. The lowest BCUT2D eigenvalue weighted by molar-refractivity contribution is 0.174. The van der Waals surface area contributed by atoms with Crippen LogP contribution < -0.4 is 19.7 Å². The molecule has 6 nitrogen and oxygen atoms in total. The number of piperidine rings is 1. The Labute approximate surface area is 170 Å². The molecule has 5 rings (SSSR count). The van der Waals surface area contributed by atoms with Gasteiger partial charge >= 0.3 is 0 Å². The molecular weight excluding hydrogens is 364 g/mol. The number of fused-ring (bicyclic) bond motifs is 1. The van der Waals surface area contributed by atoms with E-state index < -0.39 is 0 Å². The van der Waals surface area contributed by atoms with E-state index in [0.717, 1.165) is 53.2 Å². The number of benzene rings is 2. The summed E-state index contributed by atoms with van der Waals surface area (Å²) in [7, 11) is 0. The minimum absolute atomic E-state index is 0.289. The SMILES string of the molecule is c1ccc(-c2cc(NCc3ccc4c(c3)OCO4)nc(N3CCCCC3)n2)cc1. The van der Waals surface area contributed by atoms with Crippen molar-refractivity contribution in [3.05, 3.63) is 60.2 Å². The second kappa shape index (κ2) is 7.99. The van der Waals surface area contributed by atoms with Crippen LogP contribution in [0.4, 0.5) is 11.8 Å². The second-order valence-electron chi connectivity index (χ2n) is 7.39. The van der Waals surface area contributed by atoms with Crippen LogP contribution in [0.5, 0.6) is 11.5 Å². The van der Waals surface area contributed by atoms with Crippen LogP contribution in [0.2, 0.25) is 0 Å². The van der Waals surface area contributed by atoms with E-state index in [2.05, 4.69) is 22.3 Å². The standard InChI is InChI=1S/C23H24N4O2/c1-3-7-18(8-4-1)19-14-22(26-23(25-19)27-11-5-2-6-12-27)24-15-17-9-10-20-21(13-17)29-16-28-20/h1,3-4,7-10,13-14H,2,5-6,11-12,15-16H2,(H,24,25,26). The largest absolute Gasteiger partial charge is 0.454 e. The predicted octanol–water partition coefficient (Wildman–Crippen LogP) is 4.47. The van der Waals surface area contributed by atoms with Crippen LogP contribution >= 0.6 is 0 Å². The summed E-state index contributed by atoms with van der Waals surface area (Å²) in [6.45, 7) is 2.97. The molecular formula is C23H24N4O2. The van der Waals surface area contributed by atoms with Crippen molar-refractivity contribution in [1.82, 2.24) is 9.97 Å². The molecule has 0 saturated carbocycles. The molecule has 0 unspecified atom stereocenters. The van der Waals surface area contributed by atoms with Crippen molar-refractivity contribution in [2.45, 2.75) is 25.8 Å². The van der Waals surface area contributed by atoms with E-state index >= 15 is 0 Å². The number of rotatable bonds is 5. The van der Waals surface area contributed by atoms with E-state index in [-0.39, 0.29) is 6.79 Å². The summed E-state index contributed by atoms with van der Waals surface area (Å²) in [5, 5.41) is 3.47. The molecule has 0 amide bonds. The summed E-state index contributed by atoms with van der Waals surface area (Å²) in [5.41, 5.74) is 3.15. The third-order valence-electron chi connectivity index (χ3n) is 5.33. The summed E-state index contributed by atoms with van der Waals surface area (Å²) in [6, 6.07) is 18.3. The highest BCUT2D eigenvalue weighted by atomic mass is 16.7. The molecule has 1 N–H and O–H groups in total. The van der Waals surface area contributed by atoms with Gasteiger partial charge in [0.25, 0.3) is 0 Å². The molecule has 0 radical (unpaired) electrons. The predicted molar refractivity (Wildman–Crippen MR) is 113 cm³/mol. The number of hydrogen-bond acceptors (Lipinski definition) is 6. The maximum atomic E-state index is 5.48. The van der Waals surface area contributed by atoms with Crippen molar-refractivity contribution in [2.75, 3.05) is 30.1 Å². The zero-order chi connectivity index (χ0) is 19.5. The average molecular weight is 388 g/mol. The first-order valence-electron chi connectivity index (χ1n) is 10.2. The highest BCUT2D eigenvalue weighted by Gasteiger charge is 2.17. The summed E-state index contributed by atoms with van der Waals surface area (Å²) in [4.78, 5) is 12.0. The average Bonchev–Trinajstić information content (AvgIpc) is 3.27. The Bertz CT molecular complexity index is 987. The van der Waals surface area contributed by atoms with E-state index in [1.807, 2.05) is 42.5 Å². The zero-order valence-corrected chi connectivity index (χ0v) is 16.3. The Balaban J connectivity index is 1.41. The van der Waals surface area contributed by atoms with E-state index in [0.29, 0.717) is 6.54 Å². The van der Waals surface area contributed by atoms with Gasteiger partial charge in [-0.25, -0.2) is 4.98 Å². The lowest BCUT2D eigenvalue weighted by Gasteiger charge is -2.27. The van der Waals surface area contributed by atoms with Crippen molar-refractivity contribution in [3.8, 4) is 22.8 Å². The fourth-order valence-corrected chi connectivity index (χ4v) is 3.76. The van der Waals surface area contributed by atoms with Gasteiger partial charge in [-0.2, -0.15) is 4.98 Å². The smallest absolute Gasteiger partial charge is 0.231 e. The van der Waals surface area contributed by atoms with Crippen LogP contribution in [-0.4, -0.2) is 29.9 Å². The molecule has 0 atom stereocenters. The van der Waals surface area contributed by atoms with Gasteiger partial charge in [0.1, 0.15) is 5.82 Å². The first kappa shape index (κ1) is 17.8. The first-order valence-corrected chi connectivity index (χ1v) is 10.2. The lowest BCUT2D eigenvalue weighted by atomic mass is 10.1. The molecule has 2 aromatic carbocycles. The van der Waals surface area contributed by atoms with Crippen molar-refractivity contribution in [2.24, 2.45) is 0 Å². The maximum Gasteiger partial charge on any atom is 0.231 e. The molecule has 2 aliphatic heterocycles. The van der Waals surface area contributed by atoms with Gasteiger partial charge in [0.15, 0.2) is 11.5 Å². The van der Waals surface area contributed by atoms with Gasteiger partial charge in [-0.3, -0.25) is 0 Å². The molecule has 2 aliphatic rings. The summed E-state index contributed by atoms with van der Waals surface area (Å²) >= 11 is 0. The van der Waals surface area contributed by atoms with Gasteiger partial charge in [-0.05, 0) is 37.0 Å². The Kier molecular flexibility index (Phi) is 4.90. The van der Waals surface area contributed by atoms with Gasteiger partial charge in [-0.15, -0.1) is 0 Å². The van der Waals surface area contributed by atoms with Crippen molar-refractivity contribution < 1.29 is 9.47 Å². The number of nitrogens with zero attached hydrogens (tertiary/aromatic N) is 3. The molecule has 148 valence electrons. The molecule has 3 aromatic rings. The van der Waals surface area contributed by atoms with E-state index in [9.17, 15) is 0 Å². The molecule has 0 aliphatic carbocycles. The molecule has 6 heteroatoms.